The number of hydrogen-bond donors (Lipinski definition) is 1. The van der Waals surface area contributed by atoms with Crippen molar-refractivity contribution >= 4 is 17.5 Å². The number of nitrogens with one attached hydrogen (secondary N) is 1. The highest BCUT2D eigenvalue weighted by molar-refractivity contribution is 6.23. The summed E-state index contributed by atoms with van der Waals surface area (Å²) in [5.41, 5.74) is 0.651. The van der Waals surface area contributed by atoms with E-state index in [-0.39, 0.29) is 29.7 Å². The van der Waals surface area contributed by atoms with E-state index in [4.69, 9.17) is 9.47 Å². The predicted molar refractivity (Wildman–Crippen MR) is 141 cm³/mol. The Morgan fingerprint density at radius 1 is 0.829 bits per heavy atom. The maximum atomic E-state index is 13.2. The molecule has 0 saturated heterocycles. The van der Waals surface area contributed by atoms with Crippen LogP contribution >= 0.6 is 0 Å². The van der Waals surface area contributed by atoms with Gasteiger partial charge in [-0.3, -0.25) is 14.4 Å². The van der Waals surface area contributed by atoms with Crippen LogP contribution in [0.15, 0.2) is 22.6 Å². The van der Waals surface area contributed by atoms with E-state index in [2.05, 4.69) is 12.2 Å². The molecule has 1 N–H and O–H groups in total. The summed E-state index contributed by atoms with van der Waals surface area (Å²) in [5, 5.41) is 3.10. The van der Waals surface area contributed by atoms with Gasteiger partial charge in [-0.05, 0) is 47.0 Å². The van der Waals surface area contributed by atoms with Crippen LogP contribution in [0, 0.1) is 0 Å². The first kappa shape index (κ1) is 30.9. The minimum atomic E-state index is -0.514. The maximum Gasteiger partial charge on any atom is 0.306 e. The standard InChI is InChI=1S/C29H49NO5/c1-7-8-9-10-11-12-13-14-15-16-17-19-23-27(33)25(22(2)26(32)28(23)34-6)30-21-18-20-24(31)35-29(3,4)5/h30H,7-21H2,1-6H3. The van der Waals surface area contributed by atoms with Crippen LogP contribution in [0.4, 0.5) is 0 Å². The van der Waals surface area contributed by atoms with Crippen LogP contribution in [0.5, 0.6) is 0 Å². The van der Waals surface area contributed by atoms with Gasteiger partial charge in [0, 0.05) is 24.1 Å². The summed E-state index contributed by atoms with van der Waals surface area (Å²) in [7, 11) is 1.45. The van der Waals surface area contributed by atoms with Crippen molar-refractivity contribution in [2.24, 2.45) is 0 Å². The van der Waals surface area contributed by atoms with Gasteiger partial charge in [-0.15, -0.1) is 0 Å². The minimum absolute atomic E-state index is 0.164. The van der Waals surface area contributed by atoms with Crippen molar-refractivity contribution in [3.63, 3.8) is 0 Å². The first-order chi connectivity index (χ1) is 16.6. The number of methoxy groups -OCH3 is 1. The third kappa shape index (κ3) is 11.9. The zero-order chi connectivity index (χ0) is 26.3. The van der Waals surface area contributed by atoms with Gasteiger partial charge in [-0.2, -0.15) is 0 Å². The number of unbranched alkanes of at least 4 members (excludes halogenated alkanes) is 10. The molecule has 1 aliphatic rings. The Bertz CT molecular complexity index is 758. The highest BCUT2D eigenvalue weighted by Gasteiger charge is 2.33. The topological polar surface area (TPSA) is 81.7 Å². The Kier molecular flexibility index (Phi) is 14.6. The average Bonchev–Trinajstić information content (AvgIpc) is 2.79. The van der Waals surface area contributed by atoms with E-state index < -0.39 is 5.60 Å². The van der Waals surface area contributed by atoms with Crippen LogP contribution < -0.4 is 5.32 Å². The SMILES string of the molecule is CCCCCCCCCCCCCC1=C(OC)C(=O)C(C)=C(NCCCC(=O)OC(C)(C)C)C1=O. The Morgan fingerprint density at radius 2 is 1.37 bits per heavy atom. The van der Waals surface area contributed by atoms with E-state index in [0.717, 1.165) is 19.3 Å². The molecular formula is C29H49NO5. The number of hydrogen-bond acceptors (Lipinski definition) is 6. The highest BCUT2D eigenvalue weighted by atomic mass is 16.6. The van der Waals surface area contributed by atoms with Gasteiger partial charge in [0.1, 0.15) is 5.60 Å². The minimum Gasteiger partial charge on any atom is -0.492 e. The average molecular weight is 492 g/mol. The van der Waals surface area contributed by atoms with Gasteiger partial charge in [-0.25, -0.2) is 0 Å². The second-order valence-corrected chi connectivity index (χ2v) is 10.6. The van der Waals surface area contributed by atoms with Gasteiger partial charge in [0.2, 0.25) is 11.6 Å². The van der Waals surface area contributed by atoms with Crippen molar-refractivity contribution in [3.05, 3.63) is 22.6 Å². The fourth-order valence-electron chi connectivity index (χ4n) is 4.31. The Hall–Kier alpha value is -2.11. The second kappa shape index (κ2) is 16.5. The normalized spacial score (nSPS) is 14.6. The summed E-state index contributed by atoms with van der Waals surface area (Å²) in [6.45, 7) is 9.81. The molecule has 0 spiro atoms. The van der Waals surface area contributed by atoms with Crippen LogP contribution in [0.25, 0.3) is 0 Å². The van der Waals surface area contributed by atoms with Gasteiger partial charge < -0.3 is 14.8 Å². The van der Waals surface area contributed by atoms with Crippen LogP contribution in [0.3, 0.4) is 0 Å². The molecule has 35 heavy (non-hydrogen) atoms. The molecule has 200 valence electrons. The van der Waals surface area contributed by atoms with Crippen molar-refractivity contribution in [1.29, 1.82) is 0 Å². The lowest BCUT2D eigenvalue weighted by Gasteiger charge is -2.22. The van der Waals surface area contributed by atoms with Crippen molar-refractivity contribution in [2.45, 2.75) is 130 Å². The van der Waals surface area contributed by atoms with Gasteiger partial charge in [0.15, 0.2) is 5.76 Å². The van der Waals surface area contributed by atoms with Gasteiger partial charge in [0.25, 0.3) is 0 Å². The lowest BCUT2D eigenvalue weighted by molar-refractivity contribution is -0.154. The summed E-state index contributed by atoms with van der Waals surface area (Å²) in [4.78, 5) is 37.9. The maximum absolute atomic E-state index is 13.2. The monoisotopic (exact) mass is 491 g/mol. The van der Waals surface area contributed by atoms with E-state index in [1.807, 2.05) is 20.8 Å². The second-order valence-electron chi connectivity index (χ2n) is 10.6. The summed E-state index contributed by atoms with van der Waals surface area (Å²) in [5.74, 6) is -0.489. The fourth-order valence-corrected chi connectivity index (χ4v) is 4.31. The molecule has 0 saturated carbocycles. The van der Waals surface area contributed by atoms with E-state index in [9.17, 15) is 14.4 Å². The Labute approximate surface area is 213 Å². The van der Waals surface area contributed by atoms with Gasteiger partial charge in [-0.1, -0.05) is 71.1 Å². The summed E-state index contributed by atoms with van der Waals surface area (Å²) in [6.07, 6.45) is 14.8. The number of carbonyl (C=O) groups is 3. The molecular weight excluding hydrogens is 442 g/mol. The number of ether oxygens (including phenoxy) is 2. The lowest BCUT2D eigenvalue weighted by atomic mass is 9.89. The predicted octanol–water partition coefficient (Wildman–Crippen LogP) is 6.73. The fraction of sp³-hybridized carbons (Fsp3) is 0.759. The first-order valence-electron chi connectivity index (χ1n) is 13.7. The van der Waals surface area contributed by atoms with Crippen molar-refractivity contribution < 1.29 is 23.9 Å². The molecule has 0 radical (unpaired) electrons. The molecule has 0 heterocycles. The molecule has 0 aromatic rings. The van der Waals surface area contributed by atoms with Crippen molar-refractivity contribution in [2.75, 3.05) is 13.7 Å². The third-order valence-electron chi connectivity index (χ3n) is 6.21. The molecule has 0 amide bonds. The van der Waals surface area contributed by atoms with Crippen molar-refractivity contribution in [1.82, 2.24) is 5.32 Å². The van der Waals surface area contributed by atoms with E-state index in [1.165, 1.54) is 58.5 Å². The van der Waals surface area contributed by atoms with Crippen LogP contribution in [0.1, 0.15) is 125 Å². The summed E-state index contributed by atoms with van der Waals surface area (Å²) >= 11 is 0. The summed E-state index contributed by atoms with van der Waals surface area (Å²) < 4.78 is 10.7. The molecule has 0 unspecified atom stereocenters. The number of rotatable bonds is 18. The Balaban J connectivity index is 2.46. The number of esters is 1. The molecule has 6 heteroatoms. The molecule has 1 aliphatic carbocycles. The van der Waals surface area contributed by atoms with E-state index in [1.54, 1.807) is 6.92 Å². The number of allylic oxidation sites excluding steroid dienone is 2. The molecule has 6 nitrogen and oxygen atoms in total. The lowest BCUT2D eigenvalue weighted by Crippen LogP contribution is -2.32. The molecule has 0 bridgehead atoms. The van der Waals surface area contributed by atoms with Gasteiger partial charge >= 0.3 is 5.97 Å². The first-order valence-corrected chi connectivity index (χ1v) is 13.7. The molecule has 0 aliphatic heterocycles. The molecule has 0 aromatic heterocycles. The molecule has 0 fully saturated rings. The van der Waals surface area contributed by atoms with E-state index >= 15 is 0 Å². The largest absolute Gasteiger partial charge is 0.492 e. The van der Waals surface area contributed by atoms with Crippen LogP contribution in [-0.2, 0) is 23.9 Å². The summed E-state index contributed by atoms with van der Waals surface area (Å²) in [6, 6.07) is 0. The molecule has 0 atom stereocenters. The zero-order valence-corrected chi connectivity index (χ0v) is 23.1. The number of carbonyl (C=O) groups excluding carboxylic acids is 3. The zero-order valence-electron chi connectivity index (χ0n) is 23.1. The van der Waals surface area contributed by atoms with E-state index in [0.29, 0.717) is 36.2 Å². The smallest absolute Gasteiger partial charge is 0.306 e. The molecule has 0 aromatic carbocycles. The highest BCUT2D eigenvalue weighted by Crippen LogP contribution is 2.28. The molecule has 1 rings (SSSR count). The Morgan fingerprint density at radius 3 is 1.89 bits per heavy atom. The van der Waals surface area contributed by atoms with Crippen LogP contribution in [0.2, 0.25) is 0 Å². The third-order valence-corrected chi connectivity index (χ3v) is 6.21. The quantitative estimate of drug-likeness (QED) is 0.130. The number of ketones is 2. The van der Waals surface area contributed by atoms with Gasteiger partial charge in [0.05, 0.1) is 12.8 Å². The number of Topliss-reactive ketones (excluding diaryl/α,β-unsaturated/α-hetero) is 2. The van der Waals surface area contributed by atoms with Crippen molar-refractivity contribution in [3.8, 4) is 0 Å². The van der Waals surface area contributed by atoms with Crippen LogP contribution in [-0.4, -0.2) is 36.8 Å².